The summed E-state index contributed by atoms with van der Waals surface area (Å²) < 4.78 is 7.65. The molecule has 0 spiro atoms. The summed E-state index contributed by atoms with van der Waals surface area (Å²) in [6.07, 6.45) is 6.69. The first-order chi connectivity index (χ1) is 17.3. The number of nitrogens with one attached hydrogen (secondary N) is 1. The molecule has 2 atom stereocenters. The molecule has 3 aromatic rings. The molecule has 5 rings (SSSR count). The van der Waals surface area contributed by atoms with Crippen molar-refractivity contribution in [2.75, 3.05) is 6.54 Å². The van der Waals surface area contributed by atoms with E-state index in [1.54, 1.807) is 30.7 Å². The highest BCUT2D eigenvalue weighted by atomic mass is 16.6. The molecule has 1 amide bonds. The summed E-state index contributed by atoms with van der Waals surface area (Å²) in [5.41, 5.74) is 1.70. The summed E-state index contributed by atoms with van der Waals surface area (Å²) in [4.78, 5) is 41.4. The Labute approximate surface area is 206 Å². The number of nitro benzene ring substituents is 1. The van der Waals surface area contributed by atoms with Crippen molar-refractivity contribution in [3.8, 4) is 5.75 Å². The molecule has 10 nitrogen and oxygen atoms in total. The van der Waals surface area contributed by atoms with E-state index >= 15 is 0 Å². The van der Waals surface area contributed by atoms with E-state index < -0.39 is 22.7 Å². The van der Waals surface area contributed by atoms with Crippen LogP contribution in [0.4, 0.5) is 5.69 Å². The zero-order valence-corrected chi connectivity index (χ0v) is 19.6. The number of aryl methyl sites for hydroxylation is 1. The molecule has 10 heteroatoms. The first-order valence-electron chi connectivity index (χ1n) is 11.7. The van der Waals surface area contributed by atoms with Gasteiger partial charge >= 0.3 is 0 Å². The zero-order chi connectivity index (χ0) is 25.4. The molecule has 1 fully saturated rings. The maximum atomic E-state index is 13.2. The van der Waals surface area contributed by atoms with Gasteiger partial charge in [0.15, 0.2) is 0 Å². The zero-order valence-electron chi connectivity index (χ0n) is 19.6. The number of hydrogen-bond donors (Lipinski definition) is 2. The van der Waals surface area contributed by atoms with Crippen molar-refractivity contribution >= 4 is 23.1 Å². The molecule has 2 aliphatic rings. The predicted molar refractivity (Wildman–Crippen MR) is 128 cm³/mol. The number of carbonyl (C=O) groups excluding carboxylic acids is 2. The van der Waals surface area contributed by atoms with Crippen LogP contribution < -0.4 is 9.30 Å². The maximum Gasteiger partial charge on any atom is 0.295 e. The molecule has 36 heavy (non-hydrogen) atoms. The normalized spacial score (nSPS) is 20.4. The van der Waals surface area contributed by atoms with E-state index in [4.69, 9.17) is 4.74 Å². The quantitative estimate of drug-likeness (QED) is 0.131. The Kier molecular flexibility index (Phi) is 6.01. The minimum absolute atomic E-state index is 0.0148. The Morgan fingerprint density at radius 1 is 1.25 bits per heavy atom. The SMILES string of the molecule is CC1Cc2cc(/C(O)=C3\C(=O)C(=O)N(CCC[n+]4cc[nH]c4)C3c3ccc([N+](=O)[O-])cc3)ccc2O1. The lowest BCUT2D eigenvalue weighted by Crippen LogP contribution is -2.36. The fourth-order valence-electron chi connectivity index (χ4n) is 4.84. The molecule has 1 aromatic heterocycles. The number of nitrogens with zero attached hydrogens (tertiary/aromatic N) is 3. The van der Waals surface area contributed by atoms with Gasteiger partial charge in [-0.15, -0.1) is 0 Å². The van der Waals surface area contributed by atoms with E-state index in [0.29, 0.717) is 30.5 Å². The fraction of sp³-hybridized carbons (Fsp3) is 0.269. The number of aromatic amines is 1. The van der Waals surface area contributed by atoms with Gasteiger partial charge in [0.1, 0.15) is 30.0 Å². The number of aliphatic hydroxyl groups excluding tert-OH is 1. The lowest BCUT2D eigenvalue weighted by molar-refractivity contribution is -0.695. The fourth-order valence-corrected chi connectivity index (χ4v) is 4.84. The Bertz CT molecular complexity index is 1360. The van der Waals surface area contributed by atoms with E-state index in [-0.39, 0.29) is 29.7 Å². The number of carbonyl (C=O) groups is 2. The molecular formula is C26H25N4O6+. The van der Waals surface area contributed by atoms with Crippen molar-refractivity contribution in [2.24, 2.45) is 0 Å². The number of ether oxygens (including phenoxy) is 1. The second-order valence-corrected chi connectivity index (χ2v) is 9.00. The molecule has 2 unspecified atom stereocenters. The number of rotatable bonds is 7. The summed E-state index contributed by atoms with van der Waals surface area (Å²) in [6.45, 7) is 2.82. The van der Waals surface area contributed by atoms with E-state index in [1.807, 2.05) is 17.7 Å². The van der Waals surface area contributed by atoms with Gasteiger partial charge in [-0.1, -0.05) is 0 Å². The predicted octanol–water partition coefficient (Wildman–Crippen LogP) is 3.05. The highest BCUT2D eigenvalue weighted by Gasteiger charge is 2.46. The molecule has 2 aliphatic heterocycles. The molecule has 0 bridgehead atoms. The lowest BCUT2D eigenvalue weighted by Gasteiger charge is -2.25. The molecule has 184 valence electrons. The number of nitro groups is 1. The summed E-state index contributed by atoms with van der Waals surface area (Å²) >= 11 is 0. The number of likely N-dealkylation sites (tertiary alicyclic amines) is 1. The third-order valence-corrected chi connectivity index (χ3v) is 6.55. The summed E-state index contributed by atoms with van der Waals surface area (Å²) in [7, 11) is 0. The van der Waals surface area contributed by atoms with E-state index in [0.717, 1.165) is 11.3 Å². The number of ketones is 1. The van der Waals surface area contributed by atoms with Gasteiger partial charge in [0.05, 0.1) is 23.1 Å². The number of fused-ring (bicyclic) bond motifs is 1. The van der Waals surface area contributed by atoms with Crippen LogP contribution in [0.15, 0.2) is 66.8 Å². The summed E-state index contributed by atoms with van der Waals surface area (Å²) in [5, 5.41) is 22.4. The van der Waals surface area contributed by atoms with Gasteiger partial charge < -0.3 is 14.7 Å². The molecule has 2 aromatic carbocycles. The van der Waals surface area contributed by atoms with Crippen molar-refractivity contribution in [1.82, 2.24) is 9.88 Å². The van der Waals surface area contributed by atoms with Crippen molar-refractivity contribution in [3.05, 3.63) is 93.6 Å². The third-order valence-electron chi connectivity index (χ3n) is 6.55. The number of aromatic nitrogens is 2. The first kappa shape index (κ1) is 23.3. The topological polar surface area (TPSA) is 130 Å². The van der Waals surface area contributed by atoms with Gasteiger partial charge in [-0.2, -0.15) is 0 Å². The van der Waals surface area contributed by atoms with E-state index in [2.05, 4.69) is 4.98 Å². The minimum atomic E-state index is -0.870. The minimum Gasteiger partial charge on any atom is -0.507 e. The Hall–Kier alpha value is -4.47. The number of H-pyrrole nitrogens is 1. The van der Waals surface area contributed by atoms with Crippen LogP contribution in [0, 0.1) is 10.1 Å². The molecular weight excluding hydrogens is 464 g/mol. The van der Waals surface area contributed by atoms with Crippen molar-refractivity contribution in [2.45, 2.75) is 38.5 Å². The van der Waals surface area contributed by atoms with Gasteiger partial charge in [-0.3, -0.25) is 24.7 Å². The number of amides is 1. The number of non-ortho nitro benzene ring substituents is 1. The van der Waals surface area contributed by atoms with Gasteiger partial charge in [0.2, 0.25) is 6.33 Å². The van der Waals surface area contributed by atoms with Crippen LogP contribution in [-0.2, 0) is 22.6 Å². The Balaban J connectivity index is 1.54. The number of aliphatic hydroxyl groups is 1. The number of Topliss-reactive ketones (excluding diaryl/α,β-unsaturated/α-hetero) is 1. The van der Waals surface area contributed by atoms with Crippen LogP contribution >= 0.6 is 0 Å². The Morgan fingerprint density at radius 2 is 2.03 bits per heavy atom. The lowest BCUT2D eigenvalue weighted by atomic mass is 9.94. The van der Waals surface area contributed by atoms with Crippen LogP contribution in [0.1, 0.15) is 36.1 Å². The smallest absolute Gasteiger partial charge is 0.295 e. The highest BCUT2D eigenvalue weighted by Crippen LogP contribution is 2.41. The second kappa shape index (κ2) is 9.29. The first-order valence-corrected chi connectivity index (χ1v) is 11.7. The Morgan fingerprint density at radius 3 is 2.72 bits per heavy atom. The van der Waals surface area contributed by atoms with Crippen molar-refractivity contribution in [1.29, 1.82) is 0 Å². The van der Waals surface area contributed by atoms with Gasteiger partial charge in [-0.05, 0) is 48.4 Å². The number of benzene rings is 2. The molecule has 0 saturated carbocycles. The van der Waals surface area contributed by atoms with E-state index in [1.165, 1.54) is 29.2 Å². The summed E-state index contributed by atoms with van der Waals surface area (Å²) in [6, 6.07) is 10.0. The van der Waals surface area contributed by atoms with Crippen molar-refractivity contribution in [3.63, 3.8) is 0 Å². The third kappa shape index (κ3) is 4.21. The molecule has 2 N–H and O–H groups in total. The van der Waals surface area contributed by atoms with Gasteiger partial charge in [0, 0.05) is 37.1 Å². The highest BCUT2D eigenvalue weighted by molar-refractivity contribution is 6.46. The number of hydrogen-bond acceptors (Lipinski definition) is 6. The molecule has 0 aliphatic carbocycles. The molecule has 0 radical (unpaired) electrons. The van der Waals surface area contributed by atoms with Crippen molar-refractivity contribution < 1.29 is 28.9 Å². The van der Waals surface area contributed by atoms with Gasteiger partial charge in [0.25, 0.3) is 17.4 Å². The molecule has 3 heterocycles. The second-order valence-electron chi connectivity index (χ2n) is 9.00. The molecule has 1 saturated heterocycles. The maximum absolute atomic E-state index is 13.2. The number of imidazole rings is 1. The monoisotopic (exact) mass is 489 g/mol. The van der Waals surface area contributed by atoms with Crippen LogP contribution in [-0.4, -0.2) is 44.3 Å². The van der Waals surface area contributed by atoms with Crippen LogP contribution in [0.2, 0.25) is 0 Å². The average molecular weight is 490 g/mol. The van der Waals surface area contributed by atoms with E-state index in [9.17, 15) is 24.8 Å². The average Bonchev–Trinajstić information content (AvgIpc) is 3.57. The standard InChI is InChI=1S/C26H24N4O6/c1-16-13-19-14-18(5-8-21(19)36-16)24(31)22-23(17-3-6-20(7-4-17)30(34)35)29(26(33)25(22)32)11-2-10-28-12-9-27-15-28/h3-9,12,14-16,23H,2,10-11,13H2,1H3,(H,31,32)/p+1. The van der Waals surface area contributed by atoms with Gasteiger partial charge in [-0.25, -0.2) is 4.57 Å². The van der Waals surface area contributed by atoms with Crippen LogP contribution in [0.3, 0.4) is 0 Å². The largest absolute Gasteiger partial charge is 0.507 e. The summed E-state index contributed by atoms with van der Waals surface area (Å²) in [5.74, 6) is -1.04. The van der Waals surface area contributed by atoms with Crippen LogP contribution in [0.25, 0.3) is 5.76 Å². The van der Waals surface area contributed by atoms with Crippen LogP contribution in [0.5, 0.6) is 5.75 Å².